The molecule has 4 heteroatoms. The van der Waals surface area contributed by atoms with E-state index in [1.807, 2.05) is 32.0 Å². The highest BCUT2D eigenvalue weighted by Gasteiger charge is 2.14. The molecule has 0 amide bonds. The van der Waals surface area contributed by atoms with Crippen LogP contribution in [0.2, 0.25) is 0 Å². The summed E-state index contributed by atoms with van der Waals surface area (Å²) in [4.78, 5) is 4.25. The SMILES string of the molecule is Cc1nc2ccc(C(N)C(C)CN)cc2o1. The third-order valence-corrected chi connectivity index (χ3v) is 2.89. The maximum absolute atomic E-state index is 6.10. The van der Waals surface area contributed by atoms with Gasteiger partial charge in [0.1, 0.15) is 5.52 Å². The Morgan fingerprint density at radius 2 is 2.19 bits per heavy atom. The van der Waals surface area contributed by atoms with Crippen molar-refractivity contribution in [2.45, 2.75) is 19.9 Å². The molecule has 1 aromatic heterocycles. The van der Waals surface area contributed by atoms with Crippen LogP contribution in [0.5, 0.6) is 0 Å². The molecule has 0 saturated heterocycles. The molecule has 2 unspecified atom stereocenters. The van der Waals surface area contributed by atoms with Gasteiger partial charge in [0.15, 0.2) is 11.5 Å². The standard InChI is InChI=1S/C12H17N3O/c1-7(6-13)12(14)9-3-4-10-11(5-9)16-8(2)15-10/h3-5,7,12H,6,13-14H2,1-2H3. The number of aromatic nitrogens is 1. The van der Waals surface area contributed by atoms with Gasteiger partial charge in [-0.1, -0.05) is 13.0 Å². The van der Waals surface area contributed by atoms with Crippen LogP contribution in [0.4, 0.5) is 0 Å². The first kappa shape index (κ1) is 11.1. The van der Waals surface area contributed by atoms with Crippen LogP contribution in [0.1, 0.15) is 24.4 Å². The Hall–Kier alpha value is -1.39. The van der Waals surface area contributed by atoms with Gasteiger partial charge in [0.25, 0.3) is 0 Å². The second-order valence-electron chi connectivity index (χ2n) is 4.20. The normalized spacial score (nSPS) is 15.2. The van der Waals surface area contributed by atoms with Crippen LogP contribution < -0.4 is 11.5 Å². The number of benzene rings is 1. The molecule has 2 aromatic rings. The van der Waals surface area contributed by atoms with Gasteiger partial charge in [-0.15, -0.1) is 0 Å². The highest BCUT2D eigenvalue weighted by atomic mass is 16.3. The van der Waals surface area contributed by atoms with E-state index in [2.05, 4.69) is 4.98 Å². The summed E-state index contributed by atoms with van der Waals surface area (Å²) in [5, 5.41) is 0. The van der Waals surface area contributed by atoms with Crippen molar-refractivity contribution in [3.05, 3.63) is 29.7 Å². The first-order valence-electron chi connectivity index (χ1n) is 5.44. The molecular weight excluding hydrogens is 202 g/mol. The molecule has 0 radical (unpaired) electrons. The predicted octanol–water partition coefficient (Wildman–Crippen LogP) is 1.73. The molecule has 0 bridgehead atoms. The fourth-order valence-electron chi connectivity index (χ4n) is 1.74. The van der Waals surface area contributed by atoms with Crippen LogP contribution in [0.25, 0.3) is 11.1 Å². The number of aryl methyl sites for hydroxylation is 1. The second kappa shape index (κ2) is 4.23. The summed E-state index contributed by atoms with van der Waals surface area (Å²) >= 11 is 0. The smallest absolute Gasteiger partial charge is 0.192 e. The fraction of sp³-hybridized carbons (Fsp3) is 0.417. The number of nitrogens with zero attached hydrogens (tertiary/aromatic N) is 1. The molecule has 0 aliphatic carbocycles. The van der Waals surface area contributed by atoms with Crippen molar-refractivity contribution in [3.63, 3.8) is 0 Å². The van der Waals surface area contributed by atoms with Gasteiger partial charge in [0.2, 0.25) is 0 Å². The summed E-state index contributed by atoms with van der Waals surface area (Å²) in [5.41, 5.74) is 14.4. The zero-order valence-corrected chi connectivity index (χ0v) is 9.60. The van der Waals surface area contributed by atoms with Gasteiger partial charge in [-0.2, -0.15) is 0 Å². The summed E-state index contributed by atoms with van der Waals surface area (Å²) in [6.45, 7) is 4.46. The van der Waals surface area contributed by atoms with Gasteiger partial charge >= 0.3 is 0 Å². The molecule has 86 valence electrons. The number of rotatable bonds is 3. The van der Waals surface area contributed by atoms with Crippen LogP contribution in [0.15, 0.2) is 22.6 Å². The van der Waals surface area contributed by atoms with E-state index < -0.39 is 0 Å². The van der Waals surface area contributed by atoms with Crippen LogP contribution in [0, 0.1) is 12.8 Å². The molecule has 2 rings (SSSR count). The fourth-order valence-corrected chi connectivity index (χ4v) is 1.74. The number of hydrogen-bond donors (Lipinski definition) is 2. The van der Waals surface area contributed by atoms with Crippen molar-refractivity contribution in [1.82, 2.24) is 4.98 Å². The Morgan fingerprint density at radius 3 is 2.88 bits per heavy atom. The van der Waals surface area contributed by atoms with Gasteiger partial charge in [0, 0.05) is 13.0 Å². The second-order valence-corrected chi connectivity index (χ2v) is 4.20. The minimum absolute atomic E-state index is 0.0557. The Balaban J connectivity index is 2.38. The lowest BCUT2D eigenvalue weighted by molar-refractivity contribution is 0.480. The maximum Gasteiger partial charge on any atom is 0.192 e. The molecule has 1 heterocycles. The average Bonchev–Trinajstić information content (AvgIpc) is 2.65. The molecule has 4 N–H and O–H groups in total. The van der Waals surface area contributed by atoms with Gasteiger partial charge < -0.3 is 15.9 Å². The molecule has 4 nitrogen and oxygen atoms in total. The zero-order chi connectivity index (χ0) is 11.7. The van der Waals surface area contributed by atoms with Crippen molar-refractivity contribution in [1.29, 1.82) is 0 Å². The number of nitrogens with two attached hydrogens (primary N) is 2. The maximum atomic E-state index is 6.10. The molecule has 16 heavy (non-hydrogen) atoms. The first-order valence-corrected chi connectivity index (χ1v) is 5.44. The third kappa shape index (κ3) is 1.94. The largest absolute Gasteiger partial charge is 0.441 e. The summed E-state index contributed by atoms with van der Waals surface area (Å²) in [6, 6.07) is 5.82. The number of hydrogen-bond acceptors (Lipinski definition) is 4. The summed E-state index contributed by atoms with van der Waals surface area (Å²) in [5.74, 6) is 0.925. The van der Waals surface area contributed by atoms with Crippen molar-refractivity contribution in [2.75, 3.05) is 6.54 Å². The van der Waals surface area contributed by atoms with Crippen LogP contribution in [-0.4, -0.2) is 11.5 Å². The van der Waals surface area contributed by atoms with E-state index in [0.717, 1.165) is 16.7 Å². The molecule has 0 aliphatic rings. The molecule has 0 fully saturated rings. The molecule has 0 spiro atoms. The Kier molecular flexibility index (Phi) is 2.94. The average molecular weight is 219 g/mol. The topological polar surface area (TPSA) is 78.1 Å². The van der Waals surface area contributed by atoms with E-state index in [-0.39, 0.29) is 12.0 Å². The molecule has 2 atom stereocenters. The third-order valence-electron chi connectivity index (χ3n) is 2.89. The van der Waals surface area contributed by atoms with Crippen molar-refractivity contribution < 1.29 is 4.42 Å². The lowest BCUT2D eigenvalue weighted by Gasteiger charge is -2.18. The predicted molar refractivity (Wildman–Crippen MR) is 63.9 cm³/mol. The van der Waals surface area contributed by atoms with Gasteiger partial charge in [-0.05, 0) is 30.2 Å². The minimum Gasteiger partial charge on any atom is -0.441 e. The minimum atomic E-state index is -0.0557. The van der Waals surface area contributed by atoms with Crippen LogP contribution in [0.3, 0.4) is 0 Å². The Bertz CT molecular complexity index is 492. The monoisotopic (exact) mass is 219 g/mol. The number of oxazole rings is 1. The quantitative estimate of drug-likeness (QED) is 0.824. The van der Waals surface area contributed by atoms with E-state index in [0.29, 0.717) is 12.4 Å². The highest BCUT2D eigenvalue weighted by Crippen LogP contribution is 2.23. The van der Waals surface area contributed by atoms with E-state index in [1.54, 1.807) is 0 Å². The summed E-state index contributed by atoms with van der Waals surface area (Å²) in [7, 11) is 0. The van der Waals surface area contributed by atoms with Crippen molar-refractivity contribution >= 4 is 11.1 Å². The highest BCUT2D eigenvalue weighted by molar-refractivity contribution is 5.73. The Labute approximate surface area is 94.6 Å². The molecule has 1 aromatic carbocycles. The first-order chi connectivity index (χ1) is 7.61. The van der Waals surface area contributed by atoms with E-state index in [9.17, 15) is 0 Å². The van der Waals surface area contributed by atoms with Crippen molar-refractivity contribution in [3.8, 4) is 0 Å². The van der Waals surface area contributed by atoms with Gasteiger partial charge in [0.05, 0.1) is 0 Å². The van der Waals surface area contributed by atoms with Crippen LogP contribution >= 0.6 is 0 Å². The molecule has 0 saturated carbocycles. The van der Waals surface area contributed by atoms with Crippen LogP contribution in [-0.2, 0) is 0 Å². The van der Waals surface area contributed by atoms with E-state index in [4.69, 9.17) is 15.9 Å². The lowest BCUT2D eigenvalue weighted by Crippen LogP contribution is -2.25. The zero-order valence-electron chi connectivity index (χ0n) is 9.60. The summed E-state index contributed by atoms with van der Waals surface area (Å²) < 4.78 is 5.47. The van der Waals surface area contributed by atoms with E-state index in [1.165, 1.54) is 0 Å². The van der Waals surface area contributed by atoms with Gasteiger partial charge in [-0.25, -0.2) is 4.98 Å². The van der Waals surface area contributed by atoms with E-state index >= 15 is 0 Å². The number of fused-ring (bicyclic) bond motifs is 1. The molecule has 0 aliphatic heterocycles. The summed E-state index contributed by atoms with van der Waals surface area (Å²) in [6.07, 6.45) is 0. The Morgan fingerprint density at radius 1 is 1.44 bits per heavy atom. The van der Waals surface area contributed by atoms with Gasteiger partial charge in [-0.3, -0.25) is 0 Å². The lowest BCUT2D eigenvalue weighted by atomic mass is 9.95. The molecular formula is C12H17N3O. The van der Waals surface area contributed by atoms with Crippen molar-refractivity contribution in [2.24, 2.45) is 17.4 Å².